The highest BCUT2D eigenvalue weighted by Gasteiger charge is 2.25. The SMILES string of the molecule is Cc1cc(C)cc(NS(=O)(=O)c2cc(C(=O)N(C)C3CCCCC3)ccc2C)c1. The van der Waals surface area contributed by atoms with Gasteiger partial charge >= 0.3 is 0 Å². The summed E-state index contributed by atoms with van der Waals surface area (Å²) in [5.41, 5.74) is 3.51. The Hall–Kier alpha value is -2.34. The van der Waals surface area contributed by atoms with E-state index in [-0.39, 0.29) is 16.8 Å². The average molecular weight is 415 g/mol. The Labute approximate surface area is 174 Å². The molecule has 0 saturated heterocycles. The smallest absolute Gasteiger partial charge is 0.262 e. The molecular formula is C23H30N2O3S. The highest BCUT2D eigenvalue weighted by molar-refractivity contribution is 7.92. The Morgan fingerprint density at radius 1 is 0.966 bits per heavy atom. The number of nitrogens with zero attached hydrogens (tertiary/aromatic N) is 1. The molecule has 1 aliphatic rings. The molecule has 1 amide bonds. The first-order chi connectivity index (χ1) is 13.7. The molecule has 156 valence electrons. The second-order valence-electron chi connectivity index (χ2n) is 8.17. The van der Waals surface area contributed by atoms with Gasteiger partial charge in [0.2, 0.25) is 0 Å². The quantitative estimate of drug-likeness (QED) is 0.763. The molecule has 1 N–H and O–H groups in total. The zero-order chi connectivity index (χ0) is 21.2. The van der Waals surface area contributed by atoms with E-state index >= 15 is 0 Å². The fourth-order valence-corrected chi connectivity index (χ4v) is 5.42. The number of benzene rings is 2. The Morgan fingerprint density at radius 2 is 1.59 bits per heavy atom. The molecule has 0 bridgehead atoms. The first kappa shape index (κ1) is 21.4. The summed E-state index contributed by atoms with van der Waals surface area (Å²) in [5.74, 6) is -0.125. The molecule has 6 heteroatoms. The van der Waals surface area contributed by atoms with E-state index in [4.69, 9.17) is 0 Å². The molecule has 3 rings (SSSR count). The van der Waals surface area contributed by atoms with Crippen molar-refractivity contribution in [2.75, 3.05) is 11.8 Å². The third kappa shape index (κ3) is 4.99. The standard InChI is InChI=1S/C23H30N2O3S/c1-16-12-17(2)14-20(13-16)24-29(27,28)22-15-19(11-10-18(22)3)23(26)25(4)21-8-6-5-7-9-21/h10-15,21,24H,5-9H2,1-4H3. The largest absolute Gasteiger partial charge is 0.339 e. The molecule has 29 heavy (non-hydrogen) atoms. The van der Waals surface area contributed by atoms with Crippen molar-refractivity contribution in [3.8, 4) is 0 Å². The van der Waals surface area contributed by atoms with Crippen LogP contribution in [-0.2, 0) is 10.0 Å². The molecule has 1 aliphatic carbocycles. The summed E-state index contributed by atoms with van der Waals surface area (Å²) < 4.78 is 28.8. The van der Waals surface area contributed by atoms with E-state index in [9.17, 15) is 13.2 Å². The van der Waals surface area contributed by atoms with Gasteiger partial charge in [-0.1, -0.05) is 31.4 Å². The molecule has 5 nitrogen and oxygen atoms in total. The normalized spacial score (nSPS) is 15.2. The number of carbonyl (C=O) groups excluding carboxylic acids is 1. The van der Waals surface area contributed by atoms with E-state index < -0.39 is 10.0 Å². The molecule has 0 aromatic heterocycles. The van der Waals surface area contributed by atoms with Crippen LogP contribution in [0.1, 0.15) is 59.2 Å². The van der Waals surface area contributed by atoms with Gasteiger partial charge in [0.15, 0.2) is 0 Å². The maximum absolute atomic E-state index is 13.1. The van der Waals surface area contributed by atoms with Crippen LogP contribution in [0, 0.1) is 20.8 Å². The van der Waals surface area contributed by atoms with Crippen molar-refractivity contribution in [2.45, 2.75) is 63.8 Å². The number of rotatable bonds is 5. The molecule has 1 saturated carbocycles. The summed E-state index contributed by atoms with van der Waals surface area (Å²) in [6.07, 6.45) is 5.50. The zero-order valence-electron chi connectivity index (χ0n) is 17.7. The summed E-state index contributed by atoms with van der Waals surface area (Å²) in [6.45, 7) is 5.60. The molecule has 0 radical (unpaired) electrons. The molecular weight excluding hydrogens is 384 g/mol. The monoisotopic (exact) mass is 414 g/mol. The third-order valence-corrected chi connectivity index (χ3v) is 7.16. The minimum Gasteiger partial charge on any atom is -0.339 e. The van der Waals surface area contributed by atoms with Gasteiger partial charge in [-0.3, -0.25) is 9.52 Å². The number of hydrogen-bond acceptors (Lipinski definition) is 3. The fourth-order valence-electron chi connectivity index (χ4n) is 4.10. The molecule has 0 aliphatic heterocycles. The van der Waals surface area contributed by atoms with Crippen LogP contribution in [0.5, 0.6) is 0 Å². The van der Waals surface area contributed by atoms with Crippen molar-refractivity contribution in [2.24, 2.45) is 0 Å². The van der Waals surface area contributed by atoms with Gasteiger partial charge in [-0.2, -0.15) is 0 Å². The van der Waals surface area contributed by atoms with Gasteiger partial charge in [0.25, 0.3) is 15.9 Å². The van der Waals surface area contributed by atoms with Crippen molar-refractivity contribution in [3.63, 3.8) is 0 Å². The summed E-state index contributed by atoms with van der Waals surface area (Å²) in [5, 5.41) is 0. The van der Waals surface area contributed by atoms with Gasteiger partial charge in [-0.15, -0.1) is 0 Å². The number of aryl methyl sites for hydroxylation is 3. The Kier molecular flexibility index (Phi) is 6.32. The van der Waals surface area contributed by atoms with Crippen LogP contribution >= 0.6 is 0 Å². The summed E-state index contributed by atoms with van der Waals surface area (Å²) in [4.78, 5) is 14.9. The predicted octanol–water partition coefficient (Wildman–Crippen LogP) is 4.82. The summed E-state index contributed by atoms with van der Waals surface area (Å²) in [6, 6.07) is 10.7. The van der Waals surface area contributed by atoms with E-state index in [1.165, 1.54) is 12.5 Å². The Morgan fingerprint density at radius 3 is 2.21 bits per heavy atom. The second kappa shape index (κ2) is 8.57. The lowest BCUT2D eigenvalue weighted by Crippen LogP contribution is -2.38. The Bertz CT molecular complexity index is 989. The molecule has 2 aromatic carbocycles. The van der Waals surface area contributed by atoms with Gasteiger partial charge in [-0.25, -0.2) is 8.42 Å². The lowest BCUT2D eigenvalue weighted by molar-refractivity contribution is 0.0696. The van der Waals surface area contributed by atoms with Crippen molar-refractivity contribution in [1.82, 2.24) is 4.90 Å². The second-order valence-corrected chi connectivity index (χ2v) is 9.82. The molecule has 0 heterocycles. The van der Waals surface area contributed by atoms with Crippen molar-refractivity contribution in [3.05, 3.63) is 58.7 Å². The average Bonchev–Trinajstić information content (AvgIpc) is 2.66. The Balaban J connectivity index is 1.88. The summed E-state index contributed by atoms with van der Waals surface area (Å²) >= 11 is 0. The van der Waals surface area contributed by atoms with E-state index in [1.54, 1.807) is 36.1 Å². The minimum atomic E-state index is -3.80. The number of amides is 1. The van der Waals surface area contributed by atoms with Gasteiger partial charge in [0, 0.05) is 24.3 Å². The fraction of sp³-hybridized carbons (Fsp3) is 0.435. The first-order valence-electron chi connectivity index (χ1n) is 10.2. The first-order valence-corrected chi connectivity index (χ1v) is 11.6. The van der Waals surface area contributed by atoms with E-state index in [0.717, 1.165) is 36.8 Å². The topological polar surface area (TPSA) is 66.5 Å². The van der Waals surface area contributed by atoms with Gasteiger partial charge < -0.3 is 4.90 Å². The number of anilines is 1. The van der Waals surface area contributed by atoms with E-state index in [0.29, 0.717) is 16.8 Å². The van der Waals surface area contributed by atoms with Crippen LogP contribution in [0.25, 0.3) is 0 Å². The van der Waals surface area contributed by atoms with Crippen LogP contribution in [0.2, 0.25) is 0 Å². The van der Waals surface area contributed by atoms with Gasteiger partial charge in [0.1, 0.15) is 0 Å². The molecule has 0 spiro atoms. The van der Waals surface area contributed by atoms with Crippen molar-refractivity contribution >= 4 is 21.6 Å². The maximum Gasteiger partial charge on any atom is 0.262 e. The van der Waals surface area contributed by atoms with Crippen LogP contribution in [0.3, 0.4) is 0 Å². The van der Waals surface area contributed by atoms with Crippen LogP contribution in [0.15, 0.2) is 41.3 Å². The minimum absolute atomic E-state index is 0.125. The highest BCUT2D eigenvalue weighted by atomic mass is 32.2. The van der Waals surface area contributed by atoms with Gasteiger partial charge in [0.05, 0.1) is 4.90 Å². The zero-order valence-corrected chi connectivity index (χ0v) is 18.5. The lowest BCUT2D eigenvalue weighted by Gasteiger charge is -2.31. The van der Waals surface area contributed by atoms with Crippen LogP contribution < -0.4 is 4.72 Å². The van der Waals surface area contributed by atoms with E-state index in [2.05, 4.69) is 4.72 Å². The molecule has 0 unspecified atom stereocenters. The molecule has 0 atom stereocenters. The van der Waals surface area contributed by atoms with E-state index in [1.807, 2.05) is 27.0 Å². The van der Waals surface area contributed by atoms with Gasteiger partial charge in [-0.05, 0) is 74.6 Å². The predicted molar refractivity (Wildman–Crippen MR) is 117 cm³/mol. The maximum atomic E-state index is 13.1. The summed E-state index contributed by atoms with van der Waals surface area (Å²) in [7, 11) is -1.99. The third-order valence-electron chi connectivity index (χ3n) is 5.64. The van der Waals surface area contributed by atoms with Crippen LogP contribution in [-0.4, -0.2) is 32.3 Å². The number of sulfonamides is 1. The number of hydrogen-bond donors (Lipinski definition) is 1. The number of nitrogens with one attached hydrogen (secondary N) is 1. The highest BCUT2D eigenvalue weighted by Crippen LogP contribution is 2.26. The molecule has 1 fully saturated rings. The molecule has 2 aromatic rings. The van der Waals surface area contributed by atoms with Crippen molar-refractivity contribution < 1.29 is 13.2 Å². The number of carbonyl (C=O) groups is 1. The lowest BCUT2D eigenvalue weighted by atomic mass is 9.94. The van der Waals surface area contributed by atoms with Crippen LogP contribution in [0.4, 0.5) is 5.69 Å². The van der Waals surface area contributed by atoms with Crippen molar-refractivity contribution in [1.29, 1.82) is 0 Å².